The van der Waals surface area contributed by atoms with Crippen LogP contribution in [0.4, 0.5) is 0 Å². The molecule has 1 heterocycles. The van der Waals surface area contributed by atoms with Crippen molar-refractivity contribution in [2.45, 2.75) is 50.8 Å². The van der Waals surface area contributed by atoms with Gasteiger partial charge in [-0.3, -0.25) is 0 Å². The van der Waals surface area contributed by atoms with Crippen LogP contribution in [0, 0.1) is 11.3 Å². The first kappa shape index (κ1) is 19.2. The Bertz CT molecular complexity index is 795. The number of nitrogens with zero attached hydrogens (tertiary/aromatic N) is 3. The molecular weight excluding hydrogens is 342 g/mol. The quantitative estimate of drug-likeness (QED) is 0.633. The Labute approximate surface area is 148 Å². The lowest BCUT2D eigenvalue weighted by Crippen LogP contribution is -2.44. The van der Waals surface area contributed by atoms with Gasteiger partial charge in [0.15, 0.2) is 4.98 Å². The maximum atomic E-state index is 12.8. The van der Waals surface area contributed by atoms with Gasteiger partial charge in [-0.05, 0) is 38.3 Å². The Balaban J connectivity index is 2.55. The Hall–Kier alpha value is -2.11. The molecular formula is C17H24N3O4S+. The number of aliphatic hydroxyl groups is 1. The fraction of sp³-hybridized carbons (Fsp3) is 0.529. The number of rotatable bonds is 5. The number of hydrogen-bond acceptors (Lipinski definition) is 6. The molecule has 1 atom stereocenters. The summed E-state index contributed by atoms with van der Waals surface area (Å²) in [5.41, 5.74) is -0.925. The number of diazo groups is 1. The second-order valence-corrected chi connectivity index (χ2v) is 8.82. The van der Waals surface area contributed by atoms with Gasteiger partial charge in [-0.1, -0.05) is 32.0 Å². The molecule has 25 heavy (non-hydrogen) atoms. The molecule has 2 rings (SSSR count). The lowest BCUT2D eigenvalue weighted by atomic mass is 10.0. The summed E-state index contributed by atoms with van der Waals surface area (Å²) in [5.74, 6) is -0.294. The monoisotopic (exact) mass is 366 g/mol. The summed E-state index contributed by atoms with van der Waals surface area (Å²) in [6, 6.07) is 7.33. The van der Waals surface area contributed by atoms with E-state index >= 15 is 0 Å². The minimum Gasteiger partial charge on any atom is -0.488 e. The van der Waals surface area contributed by atoms with Crippen molar-refractivity contribution in [3.63, 3.8) is 0 Å². The van der Waals surface area contributed by atoms with E-state index < -0.39 is 26.5 Å². The molecule has 1 saturated heterocycles. The number of hydrogen-bond donors (Lipinski definition) is 1. The van der Waals surface area contributed by atoms with Gasteiger partial charge >= 0.3 is 10.9 Å². The molecule has 0 unspecified atom stereocenters. The first-order chi connectivity index (χ1) is 11.6. The van der Waals surface area contributed by atoms with E-state index in [4.69, 9.17) is 4.74 Å². The van der Waals surface area contributed by atoms with Gasteiger partial charge in [0.25, 0.3) is 9.84 Å². The predicted molar refractivity (Wildman–Crippen MR) is 93.5 cm³/mol. The van der Waals surface area contributed by atoms with E-state index in [0.29, 0.717) is 18.9 Å². The molecule has 1 aromatic carbocycles. The molecule has 0 saturated carbocycles. The smallest absolute Gasteiger partial charge is 0.488 e. The number of benzene rings is 1. The van der Waals surface area contributed by atoms with Crippen LogP contribution < -0.4 is 0 Å². The third-order valence-corrected chi connectivity index (χ3v) is 5.80. The van der Waals surface area contributed by atoms with E-state index in [0.717, 1.165) is 0 Å². The normalized spacial score (nSPS) is 21.1. The summed E-state index contributed by atoms with van der Waals surface area (Å²) in [6.45, 7) is 7.87. The van der Waals surface area contributed by atoms with Crippen molar-refractivity contribution in [3.05, 3.63) is 46.2 Å². The largest absolute Gasteiger partial charge is 0.537 e. The van der Waals surface area contributed by atoms with Gasteiger partial charge in [-0.15, -0.1) is 0 Å². The van der Waals surface area contributed by atoms with Gasteiger partial charge in [0.1, 0.15) is 5.72 Å². The molecule has 0 aromatic heterocycles. The van der Waals surface area contributed by atoms with Crippen molar-refractivity contribution >= 4 is 9.84 Å². The highest BCUT2D eigenvalue weighted by Gasteiger charge is 2.49. The minimum absolute atomic E-state index is 0.0623. The van der Waals surface area contributed by atoms with Crippen LogP contribution in [-0.2, 0) is 14.6 Å². The molecule has 8 heteroatoms. The SMILES string of the molecule is CC(C)C[C@H]1COC(C)(C)N1/C(O)=C(\[N+]#N)S(=O)(=O)c1ccccc1. The van der Waals surface area contributed by atoms with Crippen LogP contribution in [0.5, 0.6) is 0 Å². The van der Waals surface area contributed by atoms with Crippen LogP contribution in [0.25, 0.3) is 4.98 Å². The van der Waals surface area contributed by atoms with E-state index in [1.165, 1.54) is 17.0 Å². The van der Waals surface area contributed by atoms with E-state index in [1.807, 2.05) is 13.8 Å². The summed E-state index contributed by atoms with van der Waals surface area (Å²) < 4.78 is 31.2. The van der Waals surface area contributed by atoms with Crippen molar-refractivity contribution in [1.82, 2.24) is 4.90 Å². The highest BCUT2D eigenvalue weighted by atomic mass is 32.2. The molecule has 0 amide bonds. The summed E-state index contributed by atoms with van der Waals surface area (Å²) in [7, 11) is -4.17. The van der Waals surface area contributed by atoms with Crippen molar-refractivity contribution in [2.75, 3.05) is 6.61 Å². The first-order valence-corrected chi connectivity index (χ1v) is 9.61. The van der Waals surface area contributed by atoms with Crippen molar-refractivity contribution in [2.24, 2.45) is 5.92 Å². The molecule has 7 nitrogen and oxygen atoms in total. The summed E-state index contributed by atoms with van der Waals surface area (Å²) >= 11 is 0. The molecule has 1 aromatic rings. The van der Waals surface area contributed by atoms with Gasteiger partial charge in [0.05, 0.1) is 17.5 Å². The van der Waals surface area contributed by atoms with Gasteiger partial charge in [-0.25, -0.2) is 8.42 Å². The average molecular weight is 366 g/mol. The standard InChI is InChI=1S/C17H23N3O4S/c1-12(2)10-13-11-24-17(3,4)20(13)16(21)15(19-18)25(22,23)14-8-6-5-7-9-14/h5-9,12-13H,10-11H2,1-4H3/p+1/b16-15-/t13-/m0/s1. The highest BCUT2D eigenvalue weighted by molar-refractivity contribution is 7.95. The Morgan fingerprint density at radius 1 is 1.40 bits per heavy atom. The third-order valence-electron chi connectivity index (χ3n) is 4.14. The van der Waals surface area contributed by atoms with Gasteiger partial charge < -0.3 is 14.7 Å². The molecule has 0 spiro atoms. The maximum absolute atomic E-state index is 12.8. The van der Waals surface area contributed by atoms with Gasteiger partial charge in [0, 0.05) is 0 Å². The van der Waals surface area contributed by atoms with Crippen LogP contribution in [0.3, 0.4) is 0 Å². The minimum atomic E-state index is -4.17. The van der Waals surface area contributed by atoms with Crippen molar-refractivity contribution < 1.29 is 18.3 Å². The lowest BCUT2D eigenvalue weighted by Gasteiger charge is -2.33. The molecule has 1 fully saturated rings. The van der Waals surface area contributed by atoms with Crippen LogP contribution in [-0.4, -0.2) is 36.8 Å². The van der Waals surface area contributed by atoms with E-state index in [9.17, 15) is 18.9 Å². The van der Waals surface area contributed by atoms with Gasteiger partial charge in [-0.2, -0.15) is 0 Å². The number of sulfone groups is 1. The second kappa shape index (κ2) is 7.02. The Morgan fingerprint density at radius 2 is 2.00 bits per heavy atom. The van der Waals surface area contributed by atoms with Crippen molar-refractivity contribution in [1.29, 1.82) is 5.39 Å². The third kappa shape index (κ3) is 3.78. The molecule has 1 aliphatic rings. The van der Waals surface area contributed by atoms with Crippen LogP contribution in [0.15, 0.2) is 46.1 Å². The fourth-order valence-electron chi connectivity index (χ4n) is 3.06. The van der Waals surface area contributed by atoms with E-state index in [-0.39, 0.29) is 10.9 Å². The molecule has 1 aliphatic heterocycles. The zero-order chi connectivity index (χ0) is 18.8. The summed E-state index contributed by atoms with van der Waals surface area (Å²) in [4.78, 5) is 4.32. The Morgan fingerprint density at radius 3 is 2.52 bits per heavy atom. The fourth-order valence-corrected chi connectivity index (χ4v) is 4.25. The highest BCUT2D eigenvalue weighted by Crippen LogP contribution is 2.36. The van der Waals surface area contributed by atoms with E-state index in [2.05, 4.69) is 4.98 Å². The maximum Gasteiger partial charge on any atom is 0.537 e. The first-order valence-electron chi connectivity index (χ1n) is 8.13. The lowest BCUT2D eigenvalue weighted by molar-refractivity contribution is -0.0563. The zero-order valence-corrected chi connectivity index (χ0v) is 15.7. The average Bonchev–Trinajstić information content (AvgIpc) is 2.82. The number of ether oxygens (including phenoxy) is 1. The topological polar surface area (TPSA) is 95.0 Å². The number of aliphatic hydroxyl groups excluding tert-OH is 1. The van der Waals surface area contributed by atoms with Crippen LogP contribution in [0.2, 0.25) is 0 Å². The van der Waals surface area contributed by atoms with E-state index in [1.54, 1.807) is 32.0 Å². The Kier molecular flexibility index (Phi) is 5.40. The molecule has 0 aliphatic carbocycles. The molecule has 0 radical (unpaired) electrons. The second-order valence-electron chi connectivity index (χ2n) is 6.96. The van der Waals surface area contributed by atoms with Crippen LogP contribution in [0.1, 0.15) is 34.1 Å². The predicted octanol–water partition coefficient (Wildman–Crippen LogP) is 3.48. The molecule has 1 N–H and O–H groups in total. The molecule has 136 valence electrons. The zero-order valence-electron chi connectivity index (χ0n) is 14.9. The summed E-state index contributed by atoms with van der Waals surface area (Å²) in [5, 5.41) is 19.3. The van der Waals surface area contributed by atoms with Crippen molar-refractivity contribution in [3.8, 4) is 0 Å². The summed E-state index contributed by atoms with van der Waals surface area (Å²) in [6.07, 6.45) is 0.692. The molecule has 0 bridgehead atoms. The van der Waals surface area contributed by atoms with Gasteiger partial charge in [0.2, 0.25) is 5.39 Å². The van der Waals surface area contributed by atoms with Crippen LogP contribution >= 0.6 is 0 Å².